The summed E-state index contributed by atoms with van der Waals surface area (Å²) in [5, 5.41) is 29.0. The molecule has 2 N–H and O–H groups in total. The minimum Gasteiger partial charge on any atom is -0.504 e. The lowest BCUT2D eigenvalue weighted by molar-refractivity contribution is 0.401. The third kappa shape index (κ3) is 1.60. The molecule has 0 aliphatic heterocycles. The average Bonchev–Trinajstić information content (AvgIpc) is 2.83. The van der Waals surface area contributed by atoms with Crippen molar-refractivity contribution < 1.29 is 14.6 Å². The third-order valence-electron chi connectivity index (χ3n) is 2.96. The van der Waals surface area contributed by atoms with Gasteiger partial charge in [0.1, 0.15) is 11.6 Å². The Labute approximate surface area is 108 Å². The molecule has 0 radical (unpaired) electrons. The molecule has 4 nitrogen and oxygen atoms in total. The van der Waals surface area contributed by atoms with Gasteiger partial charge < -0.3 is 14.6 Å². The number of hydrogen-bond donors (Lipinski definition) is 2. The topological polar surface area (TPSA) is 77.4 Å². The van der Waals surface area contributed by atoms with E-state index in [1.54, 1.807) is 6.07 Å². The predicted molar refractivity (Wildman–Crippen MR) is 69.7 cm³/mol. The maximum Gasteiger partial charge on any atom is 0.201 e. The number of nitriles is 1. The minimum atomic E-state index is -0.351. The van der Waals surface area contributed by atoms with E-state index in [2.05, 4.69) is 6.07 Å². The van der Waals surface area contributed by atoms with Gasteiger partial charge >= 0.3 is 0 Å². The summed E-state index contributed by atoms with van der Waals surface area (Å²) in [7, 11) is 0. The van der Waals surface area contributed by atoms with Crippen molar-refractivity contribution >= 4 is 11.0 Å². The summed E-state index contributed by atoms with van der Waals surface area (Å²) in [6, 6.07) is 14.1. The number of phenolic OH excluding ortho intramolecular Hbond substituents is 2. The highest BCUT2D eigenvalue weighted by molar-refractivity contribution is 5.95. The highest BCUT2D eigenvalue weighted by atomic mass is 16.4. The molecule has 0 saturated heterocycles. The zero-order valence-corrected chi connectivity index (χ0v) is 9.79. The van der Waals surface area contributed by atoms with Crippen LogP contribution in [-0.2, 0) is 0 Å². The largest absolute Gasteiger partial charge is 0.504 e. The van der Waals surface area contributed by atoms with Crippen LogP contribution in [0.4, 0.5) is 0 Å². The Morgan fingerprint density at radius 3 is 2.42 bits per heavy atom. The number of furan rings is 1. The fraction of sp³-hybridized carbons (Fsp3) is 0. The van der Waals surface area contributed by atoms with Crippen LogP contribution in [0.1, 0.15) is 5.56 Å². The van der Waals surface area contributed by atoms with Crippen LogP contribution in [0, 0.1) is 11.3 Å². The highest BCUT2D eigenvalue weighted by Gasteiger charge is 2.19. The summed E-state index contributed by atoms with van der Waals surface area (Å²) >= 11 is 0. The van der Waals surface area contributed by atoms with Crippen LogP contribution in [0.25, 0.3) is 22.3 Å². The molecule has 3 rings (SSSR count). The second kappa shape index (κ2) is 4.07. The number of rotatable bonds is 1. The lowest BCUT2D eigenvalue weighted by atomic mass is 10.1. The molecule has 0 spiro atoms. The first-order valence-corrected chi connectivity index (χ1v) is 5.65. The molecule has 3 aromatic rings. The first-order chi connectivity index (χ1) is 9.22. The van der Waals surface area contributed by atoms with Crippen molar-refractivity contribution in [3.8, 4) is 28.9 Å². The highest BCUT2D eigenvalue weighted by Crippen LogP contribution is 2.40. The quantitative estimate of drug-likeness (QED) is 0.650. The molecule has 1 heterocycles. The number of fused-ring (bicyclic) bond motifs is 1. The van der Waals surface area contributed by atoms with Gasteiger partial charge in [-0.3, -0.25) is 0 Å². The standard InChI is InChI=1S/C15H9NO3/c16-8-11-10-6-7-12(17)13(18)15(10)19-14(11)9-4-2-1-3-5-9/h1-7,17-18H. The Bertz CT molecular complexity index is 798. The Kier molecular flexibility index (Phi) is 2.39. The van der Waals surface area contributed by atoms with Gasteiger partial charge in [0.25, 0.3) is 0 Å². The second-order valence-corrected chi connectivity index (χ2v) is 4.09. The summed E-state index contributed by atoms with van der Waals surface area (Å²) in [6.45, 7) is 0. The Morgan fingerprint density at radius 2 is 1.74 bits per heavy atom. The van der Waals surface area contributed by atoms with Crippen LogP contribution >= 0.6 is 0 Å². The van der Waals surface area contributed by atoms with Crippen LogP contribution in [0.3, 0.4) is 0 Å². The molecule has 2 aromatic carbocycles. The Hall–Kier alpha value is -2.93. The molecule has 1 aromatic heterocycles. The van der Waals surface area contributed by atoms with E-state index < -0.39 is 0 Å². The average molecular weight is 251 g/mol. The van der Waals surface area contributed by atoms with Crippen molar-refractivity contribution in [1.82, 2.24) is 0 Å². The third-order valence-corrected chi connectivity index (χ3v) is 2.96. The zero-order valence-electron chi connectivity index (χ0n) is 9.79. The molecule has 0 atom stereocenters. The molecule has 0 fully saturated rings. The summed E-state index contributed by atoms with van der Waals surface area (Å²) in [6.07, 6.45) is 0. The van der Waals surface area contributed by atoms with Crippen LogP contribution in [0.5, 0.6) is 11.5 Å². The van der Waals surface area contributed by atoms with Gasteiger partial charge in [-0.05, 0) is 12.1 Å². The van der Waals surface area contributed by atoms with Crippen LogP contribution in [-0.4, -0.2) is 10.2 Å². The van der Waals surface area contributed by atoms with Gasteiger partial charge in [0.05, 0.1) is 0 Å². The zero-order chi connectivity index (χ0) is 13.4. The van der Waals surface area contributed by atoms with Gasteiger partial charge in [-0.2, -0.15) is 5.26 Å². The second-order valence-electron chi connectivity index (χ2n) is 4.09. The maximum absolute atomic E-state index is 9.79. The van der Waals surface area contributed by atoms with Crippen LogP contribution in [0.2, 0.25) is 0 Å². The molecule has 0 aliphatic carbocycles. The lowest BCUT2D eigenvalue weighted by Gasteiger charge is -1.96. The molecule has 0 unspecified atom stereocenters. The van der Waals surface area contributed by atoms with E-state index in [1.165, 1.54) is 6.07 Å². The van der Waals surface area contributed by atoms with Crippen molar-refractivity contribution in [2.24, 2.45) is 0 Å². The number of phenols is 2. The van der Waals surface area contributed by atoms with Crippen molar-refractivity contribution in [1.29, 1.82) is 5.26 Å². The normalized spacial score (nSPS) is 10.5. The van der Waals surface area contributed by atoms with Crippen molar-refractivity contribution in [3.63, 3.8) is 0 Å². The molecule has 4 heteroatoms. The van der Waals surface area contributed by atoms with E-state index in [1.807, 2.05) is 30.3 Å². The van der Waals surface area contributed by atoms with E-state index in [-0.39, 0.29) is 17.1 Å². The van der Waals surface area contributed by atoms with E-state index in [0.29, 0.717) is 16.7 Å². The van der Waals surface area contributed by atoms with Crippen molar-refractivity contribution in [2.45, 2.75) is 0 Å². The van der Waals surface area contributed by atoms with Crippen molar-refractivity contribution in [3.05, 3.63) is 48.0 Å². The smallest absolute Gasteiger partial charge is 0.201 e. The lowest BCUT2D eigenvalue weighted by Crippen LogP contribution is -1.77. The molecule has 19 heavy (non-hydrogen) atoms. The number of aromatic hydroxyl groups is 2. The molecule has 0 aliphatic rings. The van der Waals surface area contributed by atoms with E-state index in [4.69, 9.17) is 4.42 Å². The Morgan fingerprint density at radius 1 is 1.00 bits per heavy atom. The van der Waals surface area contributed by atoms with Crippen molar-refractivity contribution in [2.75, 3.05) is 0 Å². The number of benzene rings is 2. The molecule has 92 valence electrons. The molecule has 0 bridgehead atoms. The van der Waals surface area contributed by atoms with Gasteiger partial charge in [0, 0.05) is 10.9 Å². The van der Waals surface area contributed by atoms with Crippen LogP contribution < -0.4 is 0 Å². The van der Waals surface area contributed by atoms with Gasteiger partial charge in [-0.15, -0.1) is 0 Å². The molecular weight excluding hydrogens is 242 g/mol. The van der Waals surface area contributed by atoms with E-state index in [9.17, 15) is 15.5 Å². The summed E-state index contributed by atoms with van der Waals surface area (Å²) in [5.41, 5.74) is 1.21. The van der Waals surface area contributed by atoms with Gasteiger partial charge in [0.2, 0.25) is 5.75 Å². The maximum atomic E-state index is 9.79. The molecule has 0 amide bonds. The Balaban J connectivity index is 2.39. The van der Waals surface area contributed by atoms with Gasteiger partial charge in [-0.25, -0.2) is 0 Å². The van der Waals surface area contributed by atoms with Gasteiger partial charge in [-0.1, -0.05) is 30.3 Å². The summed E-state index contributed by atoms with van der Waals surface area (Å²) in [4.78, 5) is 0. The fourth-order valence-corrected chi connectivity index (χ4v) is 2.04. The van der Waals surface area contributed by atoms with Crippen LogP contribution in [0.15, 0.2) is 46.9 Å². The first kappa shape index (κ1) is 11.2. The fourth-order valence-electron chi connectivity index (χ4n) is 2.04. The van der Waals surface area contributed by atoms with E-state index in [0.717, 1.165) is 5.56 Å². The number of hydrogen-bond acceptors (Lipinski definition) is 4. The SMILES string of the molecule is N#Cc1c(-c2ccccc2)oc2c(O)c(O)ccc12. The monoisotopic (exact) mass is 251 g/mol. The summed E-state index contributed by atoms with van der Waals surface area (Å²) < 4.78 is 5.56. The molecular formula is C15H9NO3. The number of nitrogens with zero attached hydrogens (tertiary/aromatic N) is 1. The summed E-state index contributed by atoms with van der Waals surface area (Å²) in [5.74, 6) is -0.236. The minimum absolute atomic E-state index is 0.121. The van der Waals surface area contributed by atoms with Gasteiger partial charge in [0.15, 0.2) is 17.1 Å². The predicted octanol–water partition coefficient (Wildman–Crippen LogP) is 3.38. The molecule has 0 saturated carbocycles. The van der Waals surface area contributed by atoms with E-state index >= 15 is 0 Å². The first-order valence-electron chi connectivity index (χ1n) is 5.65.